The van der Waals surface area contributed by atoms with Gasteiger partial charge in [0.25, 0.3) is 10.0 Å². The Hall–Kier alpha value is -2.47. The van der Waals surface area contributed by atoms with Crippen molar-refractivity contribution >= 4 is 49.3 Å². The van der Waals surface area contributed by atoms with Crippen LogP contribution in [0.2, 0.25) is 0 Å². The van der Waals surface area contributed by atoms with E-state index < -0.39 is 15.8 Å². The summed E-state index contributed by atoms with van der Waals surface area (Å²) in [5.41, 5.74) is 1.05. The summed E-state index contributed by atoms with van der Waals surface area (Å²) in [7, 11) is -0.928. The lowest BCUT2D eigenvalue weighted by atomic mass is 10.2. The molecule has 0 radical (unpaired) electrons. The van der Waals surface area contributed by atoms with Gasteiger partial charge in [-0.05, 0) is 29.6 Å². The van der Waals surface area contributed by atoms with Gasteiger partial charge in [-0.15, -0.1) is 22.7 Å². The molecule has 0 aliphatic rings. The summed E-state index contributed by atoms with van der Waals surface area (Å²) in [4.78, 5) is 9.96. The van der Waals surface area contributed by atoms with Crippen LogP contribution in [0, 0.1) is 5.82 Å². The highest BCUT2D eigenvalue weighted by atomic mass is 32.2. The van der Waals surface area contributed by atoms with Crippen molar-refractivity contribution < 1.29 is 22.4 Å². The number of methoxy groups -OCH3 is 1. The number of nitrogens with zero attached hydrogens (tertiary/aromatic N) is 3. The summed E-state index contributed by atoms with van der Waals surface area (Å²) in [6, 6.07) is 7.44. The second-order valence-electron chi connectivity index (χ2n) is 5.93. The molecule has 0 amide bonds. The Kier molecular flexibility index (Phi) is 5.30. The first kappa shape index (κ1) is 19.8. The number of hydrogen-bond donors (Lipinski definition) is 0. The maximum atomic E-state index is 14.7. The number of halogens is 1. The van der Waals surface area contributed by atoms with Crippen molar-refractivity contribution in [1.29, 1.82) is 0 Å². The Morgan fingerprint density at radius 2 is 2.07 bits per heavy atom. The number of fused-ring (bicyclic) bond motifs is 1. The van der Waals surface area contributed by atoms with Crippen LogP contribution in [0.5, 0.6) is 0 Å². The number of anilines is 1. The van der Waals surface area contributed by atoms with Crippen molar-refractivity contribution in [1.82, 2.24) is 9.71 Å². The van der Waals surface area contributed by atoms with Gasteiger partial charge >= 0.3 is 0 Å². The summed E-state index contributed by atoms with van der Waals surface area (Å²) in [6.07, 6.45) is 1.63. The van der Waals surface area contributed by atoms with Crippen LogP contribution in [0.25, 0.3) is 21.6 Å². The van der Waals surface area contributed by atoms with Crippen molar-refractivity contribution in [2.75, 3.05) is 25.3 Å². The second kappa shape index (κ2) is 7.75. The zero-order valence-corrected chi connectivity index (χ0v) is 17.9. The van der Waals surface area contributed by atoms with Gasteiger partial charge in [0, 0.05) is 31.1 Å². The Bertz CT molecular complexity index is 1240. The molecule has 0 saturated heterocycles. The third-order valence-corrected chi connectivity index (χ3v) is 8.19. The van der Waals surface area contributed by atoms with E-state index in [0.717, 1.165) is 15.6 Å². The lowest BCUT2D eigenvalue weighted by Crippen LogP contribution is -2.27. The predicted octanol–water partition coefficient (Wildman–Crippen LogP) is 3.82. The summed E-state index contributed by atoms with van der Waals surface area (Å²) in [5, 5.41) is 4.30. The minimum atomic E-state index is -3.82. The fourth-order valence-electron chi connectivity index (χ4n) is 2.91. The molecule has 0 bridgehead atoms. The largest absolute Gasteiger partial charge is 0.384 e. The second-order valence-corrected chi connectivity index (χ2v) is 9.97. The first-order chi connectivity index (χ1) is 13.9. The molecule has 152 valence electrons. The van der Waals surface area contributed by atoms with Crippen LogP contribution >= 0.6 is 22.7 Å². The van der Waals surface area contributed by atoms with Gasteiger partial charge in [-0.1, -0.05) is 6.07 Å². The molecule has 0 fully saturated rings. The molecule has 4 rings (SSSR count). The number of ether oxygens (including phenoxy) is 1. The van der Waals surface area contributed by atoms with E-state index in [1.807, 2.05) is 0 Å². The smallest absolute Gasteiger partial charge is 0.273 e. The average Bonchev–Trinajstić information content (AvgIpc) is 3.46. The molecule has 1 aromatic carbocycles. The Morgan fingerprint density at radius 3 is 2.72 bits per heavy atom. The molecule has 0 aliphatic carbocycles. The van der Waals surface area contributed by atoms with Crippen LogP contribution in [0.15, 0.2) is 51.5 Å². The van der Waals surface area contributed by atoms with Gasteiger partial charge in [0.2, 0.25) is 6.79 Å². The molecule has 11 heteroatoms. The third-order valence-electron chi connectivity index (χ3n) is 4.25. The number of thiophene rings is 1. The number of benzene rings is 1. The molecule has 0 aliphatic heterocycles. The Morgan fingerprint density at radius 1 is 1.24 bits per heavy atom. The highest BCUT2D eigenvalue weighted by Gasteiger charge is 2.28. The van der Waals surface area contributed by atoms with Crippen LogP contribution in [-0.4, -0.2) is 39.1 Å². The van der Waals surface area contributed by atoms with Gasteiger partial charge in [-0.3, -0.25) is 4.31 Å². The summed E-state index contributed by atoms with van der Waals surface area (Å²) in [6.45, 7) is -0.112. The van der Waals surface area contributed by atoms with E-state index >= 15 is 0 Å². The predicted molar refractivity (Wildman–Crippen MR) is 111 cm³/mol. The molecule has 29 heavy (non-hydrogen) atoms. The summed E-state index contributed by atoms with van der Waals surface area (Å²) in [5.74, 6) is -0.497. The van der Waals surface area contributed by atoms with Crippen LogP contribution in [0.1, 0.15) is 0 Å². The van der Waals surface area contributed by atoms with E-state index in [9.17, 15) is 12.8 Å². The maximum absolute atomic E-state index is 14.7. The SMILES string of the molecule is COCOn1c(-c2nccs2)cc2c(F)ccc(N(C)S(=O)(=O)c3cccs3)c21. The molecule has 7 nitrogen and oxygen atoms in total. The molecular formula is C18H16FN3O4S3. The zero-order valence-electron chi connectivity index (χ0n) is 15.4. The van der Waals surface area contributed by atoms with E-state index in [1.54, 1.807) is 29.1 Å². The molecular weight excluding hydrogens is 437 g/mol. The lowest BCUT2D eigenvalue weighted by molar-refractivity contribution is -0.0315. The molecule has 0 spiro atoms. The highest BCUT2D eigenvalue weighted by Crippen LogP contribution is 2.37. The number of sulfonamides is 1. The average molecular weight is 454 g/mol. The summed E-state index contributed by atoms with van der Waals surface area (Å²) >= 11 is 2.47. The van der Waals surface area contributed by atoms with E-state index in [4.69, 9.17) is 9.57 Å². The maximum Gasteiger partial charge on any atom is 0.273 e. The first-order valence-corrected chi connectivity index (χ1v) is 11.5. The van der Waals surface area contributed by atoms with Gasteiger partial charge in [-0.2, -0.15) is 4.73 Å². The van der Waals surface area contributed by atoms with Crippen molar-refractivity contribution in [3.63, 3.8) is 0 Å². The minimum absolute atomic E-state index is 0.112. The van der Waals surface area contributed by atoms with Crippen LogP contribution in [0.3, 0.4) is 0 Å². The van der Waals surface area contributed by atoms with Crippen LogP contribution in [-0.2, 0) is 14.8 Å². The Labute approximate surface area is 174 Å². The third kappa shape index (κ3) is 3.39. The van der Waals surface area contributed by atoms with Crippen molar-refractivity contribution in [3.05, 3.63) is 53.1 Å². The quantitative estimate of drug-likeness (QED) is 0.398. The van der Waals surface area contributed by atoms with E-state index in [0.29, 0.717) is 10.7 Å². The topological polar surface area (TPSA) is 73.7 Å². The standard InChI is InChI=1S/C18H16FN3O4S3/c1-21(29(23,24)16-4-3-8-27-16)14-6-5-13(19)12-10-15(18-20-7-9-28-18)22(17(12)14)26-11-25-2/h3-10H,11H2,1-2H3. The highest BCUT2D eigenvalue weighted by molar-refractivity contribution is 7.94. The monoisotopic (exact) mass is 453 g/mol. The fraction of sp³-hybridized carbons (Fsp3) is 0.167. The fourth-order valence-corrected chi connectivity index (χ4v) is 5.90. The van der Waals surface area contributed by atoms with Gasteiger partial charge in [0.15, 0.2) is 0 Å². The number of hydrogen-bond acceptors (Lipinski definition) is 7. The number of rotatable bonds is 7. The van der Waals surface area contributed by atoms with E-state index in [2.05, 4.69) is 4.98 Å². The van der Waals surface area contributed by atoms with Gasteiger partial charge in [0.05, 0.1) is 5.69 Å². The molecule has 0 unspecified atom stereocenters. The molecule has 4 aromatic rings. The molecule has 0 N–H and O–H groups in total. The minimum Gasteiger partial charge on any atom is -0.384 e. The van der Waals surface area contributed by atoms with Crippen molar-refractivity contribution in [2.45, 2.75) is 4.21 Å². The van der Waals surface area contributed by atoms with E-state index in [-0.39, 0.29) is 27.6 Å². The molecule has 3 aromatic heterocycles. The number of thiazole rings is 1. The summed E-state index contributed by atoms with van der Waals surface area (Å²) < 4.78 is 48.4. The van der Waals surface area contributed by atoms with Crippen molar-refractivity contribution in [3.8, 4) is 10.7 Å². The van der Waals surface area contributed by atoms with Crippen LogP contribution < -0.4 is 9.14 Å². The Balaban J connectivity index is 1.97. The normalized spacial score (nSPS) is 11.8. The molecule has 0 atom stereocenters. The lowest BCUT2D eigenvalue weighted by Gasteiger charge is -2.21. The van der Waals surface area contributed by atoms with Gasteiger partial charge in [0.1, 0.15) is 26.2 Å². The van der Waals surface area contributed by atoms with Crippen molar-refractivity contribution in [2.24, 2.45) is 0 Å². The van der Waals surface area contributed by atoms with Gasteiger partial charge < -0.3 is 9.57 Å². The number of aromatic nitrogens is 2. The van der Waals surface area contributed by atoms with E-state index in [1.165, 1.54) is 48.4 Å². The zero-order chi connectivity index (χ0) is 20.6. The molecule has 0 saturated carbocycles. The van der Waals surface area contributed by atoms with Crippen LogP contribution in [0.4, 0.5) is 10.1 Å². The van der Waals surface area contributed by atoms with Gasteiger partial charge in [-0.25, -0.2) is 17.8 Å². The molecule has 3 heterocycles. The first-order valence-electron chi connectivity index (χ1n) is 8.33.